The van der Waals surface area contributed by atoms with Crippen LogP contribution in [0.25, 0.3) is 0 Å². The first-order chi connectivity index (χ1) is 6.91. The largest absolute Gasteiger partial charge is 0.452 e. The van der Waals surface area contributed by atoms with Crippen molar-refractivity contribution < 1.29 is 17.9 Å². The zero-order valence-corrected chi connectivity index (χ0v) is 9.85. The highest BCUT2D eigenvalue weighted by atomic mass is 32.2. The van der Waals surface area contributed by atoms with Gasteiger partial charge >= 0.3 is 16.3 Å². The standard InChI is InChI=1S/C7H17N3O4S/c1-6(4-8-2)5-9-15(12,13)10-7(11)14-3/h6,8-9H,4-5H2,1-3H3,(H,10,11). The summed E-state index contributed by atoms with van der Waals surface area (Å²) < 4.78 is 30.4. The fraction of sp³-hybridized carbons (Fsp3) is 0.857. The first-order valence-corrected chi connectivity index (χ1v) is 5.89. The number of hydrogen-bond donors (Lipinski definition) is 3. The van der Waals surface area contributed by atoms with Gasteiger partial charge in [-0.2, -0.15) is 13.1 Å². The minimum Gasteiger partial charge on any atom is -0.452 e. The number of amides is 1. The Bertz CT molecular complexity index is 291. The zero-order chi connectivity index (χ0) is 11.9. The molecule has 7 nitrogen and oxygen atoms in total. The van der Waals surface area contributed by atoms with E-state index in [0.29, 0.717) is 6.54 Å². The number of ether oxygens (including phenoxy) is 1. The van der Waals surface area contributed by atoms with E-state index in [2.05, 4.69) is 14.8 Å². The van der Waals surface area contributed by atoms with Crippen LogP contribution in [0.3, 0.4) is 0 Å². The molecule has 0 aromatic rings. The van der Waals surface area contributed by atoms with Crippen molar-refractivity contribution >= 4 is 16.3 Å². The van der Waals surface area contributed by atoms with Crippen molar-refractivity contribution in [2.45, 2.75) is 6.92 Å². The van der Waals surface area contributed by atoms with E-state index in [4.69, 9.17) is 0 Å². The summed E-state index contributed by atoms with van der Waals surface area (Å²) in [6.07, 6.45) is -1.01. The predicted octanol–water partition coefficient (Wildman–Crippen LogP) is -0.968. The molecule has 0 aromatic heterocycles. The van der Waals surface area contributed by atoms with Gasteiger partial charge in [0.2, 0.25) is 0 Å². The minimum absolute atomic E-state index is 0.129. The lowest BCUT2D eigenvalue weighted by molar-refractivity contribution is 0.177. The Morgan fingerprint density at radius 3 is 2.47 bits per heavy atom. The molecule has 1 atom stereocenters. The monoisotopic (exact) mass is 239 g/mol. The highest BCUT2D eigenvalue weighted by Crippen LogP contribution is 1.90. The summed E-state index contributed by atoms with van der Waals surface area (Å²) in [6, 6.07) is 0. The molecule has 0 bridgehead atoms. The second-order valence-electron chi connectivity index (χ2n) is 3.11. The van der Waals surface area contributed by atoms with Crippen LogP contribution in [0.1, 0.15) is 6.92 Å². The first kappa shape index (κ1) is 14.1. The summed E-state index contributed by atoms with van der Waals surface area (Å²) in [5.74, 6) is 0.129. The van der Waals surface area contributed by atoms with E-state index in [1.54, 1.807) is 11.8 Å². The van der Waals surface area contributed by atoms with Gasteiger partial charge in [-0.05, 0) is 19.5 Å². The van der Waals surface area contributed by atoms with E-state index in [-0.39, 0.29) is 12.5 Å². The van der Waals surface area contributed by atoms with Gasteiger partial charge in [0.05, 0.1) is 7.11 Å². The van der Waals surface area contributed by atoms with Crippen LogP contribution in [0.4, 0.5) is 4.79 Å². The van der Waals surface area contributed by atoms with Gasteiger partial charge in [-0.15, -0.1) is 0 Å². The van der Waals surface area contributed by atoms with Crippen LogP contribution in [-0.4, -0.2) is 41.8 Å². The SMILES string of the molecule is CNCC(C)CNS(=O)(=O)NC(=O)OC. The molecular weight excluding hydrogens is 222 g/mol. The molecular formula is C7H17N3O4S. The van der Waals surface area contributed by atoms with Crippen LogP contribution in [0, 0.1) is 5.92 Å². The molecule has 0 aromatic carbocycles. The molecule has 90 valence electrons. The molecule has 0 radical (unpaired) electrons. The Morgan fingerprint density at radius 2 is 2.00 bits per heavy atom. The molecule has 15 heavy (non-hydrogen) atoms. The lowest BCUT2D eigenvalue weighted by atomic mass is 10.2. The van der Waals surface area contributed by atoms with Gasteiger partial charge in [0.15, 0.2) is 0 Å². The Balaban J connectivity index is 3.99. The van der Waals surface area contributed by atoms with Crippen LogP contribution in [0.5, 0.6) is 0 Å². The summed E-state index contributed by atoms with van der Waals surface area (Å²) in [6.45, 7) is 2.80. The highest BCUT2D eigenvalue weighted by molar-refractivity contribution is 7.88. The van der Waals surface area contributed by atoms with Crippen molar-refractivity contribution in [2.75, 3.05) is 27.2 Å². The summed E-state index contributed by atoms with van der Waals surface area (Å²) in [5.41, 5.74) is 0. The van der Waals surface area contributed by atoms with Crippen LogP contribution < -0.4 is 14.8 Å². The molecule has 1 unspecified atom stereocenters. The molecule has 0 fully saturated rings. The summed E-state index contributed by atoms with van der Waals surface area (Å²) in [5, 5.41) is 2.91. The van der Waals surface area contributed by atoms with Gasteiger partial charge in [-0.3, -0.25) is 0 Å². The van der Waals surface area contributed by atoms with Crippen LogP contribution in [0.2, 0.25) is 0 Å². The predicted molar refractivity (Wildman–Crippen MR) is 55.6 cm³/mol. The van der Waals surface area contributed by atoms with Gasteiger partial charge in [-0.1, -0.05) is 6.92 Å². The smallest absolute Gasteiger partial charge is 0.421 e. The highest BCUT2D eigenvalue weighted by Gasteiger charge is 2.14. The summed E-state index contributed by atoms with van der Waals surface area (Å²) in [4.78, 5) is 10.6. The average molecular weight is 239 g/mol. The molecule has 8 heteroatoms. The summed E-state index contributed by atoms with van der Waals surface area (Å²) >= 11 is 0. The fourth-order valence-corrected chi connectivity index (χ4v) is 1.74. The zero-order valence-electron chi connectivity index (χ0n) is 9.03. The molecule has 0 saturated heterocycles. The maximum atomic E-state index is 11.2. The van der Waals surface area contributed by atoms with E-state index in [1.807, 2.05) is 6.92 Å². The Hall–Kier alpha value is -0.860. The Labute approximate surface area is 89.7 Å². The van der Waals surface area contributed by atoms with Crippen LogP contribution in [-0.2, 0) is 14.9 Å². The van der Waals surface area contributed by atoms with Crippen LogP contribution >= 0.6 is 0 Å². The number of carbonyl (C=O) groups excluding carboxylic acids is 1. The van der Waals surface area contributed by atoms with Crippen molar-refractivity contribution in [3.63, 3.8) is 0 Å². The van der Waals surface area contributed by atoms with Gasteiger partial charge in [0.1, 0.15) is 0 Å². The normalized spacial score (nSPS) is 13.3. The quantitative estimate of drug-likeness (QED) is 0.554. The van der Waals surface area contributed by atoms with E-state index >= 15 is 0 Å². The van der Waals surface area contributed by atoms with Gasteiger partial charge in [-0.25, -0.2) is 9.52 Å². The van der Waals surface area contributed by atoms with Crippen molar-refractivity contribution in [3.8, 4) is 0 Å². The molecule has 0 aliphatic rings. The average Bonchev–Trinajstić information content (AvgIpc) is 2.15. The van der Waals surface area contributed by atoms with Gasteiger partial charge < -0.3 is 10.1 Å². The van der Waals surface area contributed by atoms with Gasteiger partial charge in [0.25, 0.3) is 0 Å². The lowest BCUT2D eigenvalue weighted by Crippen LogP contribution is -2.42. The van der Waals surface area contributed by atoms with Crippen molar-refractivity contribution in [3.05, 3.63) is 0 Å². The molecule has 0 saturated carbocycles. The molecule has 3 N–H and O–H groups in total. The number of carbonyl (C=O) groups is 1. The van der Waals surface area contributed by atoms with Crippen molar-refractivity contribution in [2.24, 2.45) is 5.92 Å². The Kier molecular flexibility index (Phi) is 6.21. The molecule has 1 amide bonds. The van der Waals surface area contributed by atoms with Crippen molar-refractivity contribution in [1.29, 1.82) is 0 Å². The fourth-order valence-electron chi connectivity index (χ4n) is 0.860. The third kappa shape index (κ3) is 7.11. The number of nitrogens with one attached hydrogen (secondary N) is 3. The van der Waals surface area contributed by atoms with E-state index in [9.17, 15) is 13.2 Å². The van der Waals surface area contributed by atoms with E-state index < -0.39 is 16.3 Å². The maximum Gasteiger partial charge on any atom is 0.421 e. The lowest BCUT2D eigenvalue weighted by Gasteiger charge is -2.12. The number of methoxy groups -OCH3 is 1. The number of hydrogen-bond acceptors (Lipinski definition) is 5. The van der Waals surface area contributed by atoms with Gasteiger partial charge in [0, 0.05) is 6.54 Å². The molecule has 0 aliphatic heterocycles. The topological polar surface area (TPSA) is 96.5 Å². The Morgan fingerprint density at radius 1 is 1.40 bits per heavy atom. The molecule has 0 heterocycles. The second-order valence-corrected chi connectivity index (χ2v) is 4.61. The first-order valence-electron chi connectivity index (χ1n) is 4.41. The third-order valence-electron chi connectivity index (χ3n) is 1.58. The summed E-state index contributed by atoms with van der Waals surface area (Å²) in [7, 11) is -0.941. The number of rotatable bonds is 6. The maximum absolute atomic E-state index is 11.2. The van der Waals surface area contributed by atoms with E-state index in [1.165, 1.54) is 0 Å². The van der Waals surface area contributed by atoms with Crippen LogP contribution in [0.15, 0.2) is 0 Å². The minimum atomic E-state index is -3.81. The second kappa shape index (κ2) is 6.59. The van der Waals surface area contributed by atoms with E-state index in [0.717, 1.165) is 7.11 Å². The van der Waals surface area contributed by atoms with Crippen molar-refractivity contribution in [1.82, 2.24) is 14.8 Å². The molecule has 0 rings (SSSR count). The molecule has 0 aliphatic carbocycles. The molecule has 0 spiro atoms. The third-order valence-corrected chi connectivity index (χ3v) is 2.56.